The smallest absolute Gasteiger partial charge is 0.274 e. The van der Waals surface area contributed by atoms with Gasteiger partial charge in [0.1, 0.15) is 11.5 Å². The lowest BCUT2D eigenvalue weighted by molar-refractivity contribution is 0.0598. The maximum Gasteiger partial charge on any atom is 0.274 e. The van der Waals surface area contributed by atoms with Gasteiger partial charge in [-0.05, 0) is 51.2 Å². The molecule has 1 atom stereocenters. The van der Waals surface area contributed by atoms with Gasteiger partial charge in [-0.25, -0.2) is 19.7 Å². The summed E-state index contributed by atoms with van der Waals surface area (Å²) >= 11 is 6.42. The van der Waals surface area contributed by atoms with Gasteiger partial charge in [-0.3, -0.25) is 9.20 Å². The molecule has 180 valence electrons. The molecule has 2 aliphatic heterocycles. The van der Waals surface area contributed by atoms with Gasteiger partial charge in [-0.2, -0.15) is 5.10 Å². The number of carbonyl (C=O) groups is 1. The van der Waals surface area contributed by atoms with Gasteiger partial charge in [0.2, 0.25) is 0 Å². The molecule has 4 aromatic rings. The molecular weight excluding hydrogens is 464 g/mol. The molecule has 4 aromatic heterocycles. The summed E-state index contributed by atoms with van der Waals surface area (Å²) in [6.45, 7) is 8.36. The Labute approximate surface area is 208 Å². The summed E-state index contributed by atoms with van der Waals surface area (Å²) < 4.78 is 3.62. The molecule has 0 N–H and O–H groups in total. The zero-order valence-corrected chi connectivity index (χ0v) is 20.4. The quantitative estimate of drug-likeness (QED) is 0.421. The number of piperidine rings is 1. The van der Waals surface area contributed by atoms with E-state index in [-0.39, 0.29) is 17.1 Å². The van der Waals surface area contributed by atoms with E-state index in [4.69, 9.17) is 26.9 Å². The lowest BCUT2D eigenvalue weighted by atomic mass is 9.99. The van der Waals surface area contributed by atoms with Crippen LogP contribution in [0.2, 0.25) is 5.15 Å². The molecule has 9 nitrogen and oxygen atoms in total. The fourth-order valence-electron chi connectivity index (χ4n) is 5.21. The summed E-state index contributed by atoms with van der Waals surface area (Å²) in [7, 11) is 0. The van der Waals surface area contributed by atoms with E-state index in [2.05, 4.69) is 29.6 Å². The summed E-state index contributed by atoms with van der Waals surface area (Å²) in [6.07, 6.45) is 9.17. The van der Waals surface area contributed by atoms with Gasteiger partial charge in [-0.1, -0.05) is 17.7 Å². The van der Waals surface area contributed by atoms with Crippen LogP contribution in [0.15, 0.2) is 36.7 Å². The Morgan fingerprint density at radius 1 is 1.09 bits per heavy atom. The zero-order chi connectivity index (χ0) is 24.5. The van der Waals surface area contributed by atoms with Gasteiger partial charge in [-0.15, -0.1) is 0 Å². The summed E-state index contributed by atoms with van der Waals surface area (Å²) in [5.74, 6) is 0.933. The Kier molecular flexibility index (Phi) is 6.31. The van der Waals surface area contributed by atoms with E-state index in [0.717, 1.165) is 55.1 Å². The minimum atomic E-state index is -0.117. The van der Waals surface area contributed by atoms with Gasteiger partial charge in [0.15, 0.2) is 16.5 Å². The van der Waals surface area contributed by atoms with Crippen LogP contribution in [0.25, 0.3) is 11.3 Å². The first-order valence-corrected chi connectivity index (χ1v) is 12.3. The molecule has 35 heavy (non-hydrogen) atoms. The van der Waals surface area contributed by atoms with Crippen molar-refractivity contribution in [2.75, 3.05) is 24.5 Å². The number of likely N-dealkylation sites (tertiary alicyclic amines) is 1. The standard InChI is InChI=1S/C24H26ClN7O.CHN/c1-16-15-32-20(27-23(16)29-10-6-7-11-29)14-17(28-32)18-8-2-4-12-30(18)24(33)21-22(25)26-19-9-3-5-13-31(19)21;1-2/h3,5,9,13-15,18H,2,4,6-8,10-12H2,1H3;1H. The van der Waals surface area contributed by atoms with Gasteiger partial charge < -0.3 is 9.80 Å². The second-order valence-electron chi connectivity index (χ2n) is 9.00. The van der Waals surface area contributed by atoms with Gasteiger partial charge in [0.25, 0.3) is 5.91 Å². The third-order valence-electron chi connectivity index (χ3n) is 6.82. The highest BCUT2D eigenvalue weighted by Gasteiger charge is 2.33. The number of halogens is 1. The number of aryl methyl sites for hydroxylation is 1. The molecule has 2 aliphatic rings. The fourth-order valence-corrected chi connectivity index (χ4v) is 5.47. The van der Waals surface area contributed by atoms with Crippen molar-refractivity contribution in [3.8, 4) is 6.57 Å². The average molecular weight is 491 g/mol. The Morgan fingerprint density at radius 3 is 2.66 bits per heavy atom. The molecule has 6 heterocycles. The second-order valence-corrected chi connectivity index (χ2v) is 9.36. The zero-order valence-electron chi connectivity index (χ0n) is 19.6. The van der Waals surface area contributed by atoms with Crippen LogP contribution in [0.5, 0.6) is 0 Å². The van der Waals surface area contributed by atoms with E-state index in [1.165, 1.54) is 12.8 Å². The molecule has 2 fully saturated rings. The van der Waals surface area contributed by atoms with Crippen molar-refractivity contribution in [1.82, 2.24) is 28.9 Å². The molecule has 2 saturated heterocycles. The number of nitriles is 1. The normalized spacial score (nSPS) is 18.1. The number of amides is 1. The Morgan fingerprint density at radius 2 is 1.86 bits per heavy atom. The first-order valence-electron chi connectivity index (χ1n) is 11.9. The molecule has 6 rings (SSSR count). The maximum absolute atomic E-state index is 13.7. The van der Waals surface area contributed by atoms with E-state index in [1.807, 2.05) is 39.9 Å². The second kappa shape index (κ2) is 9.55. The Balaban J connectivity index is 0.00000124. The van der Waals surface area contributed by atoms with Crippen LogP contribution in [-0.4, -0.2) is 54.4 Å². The summed E-state index contributed by atoms with van der Waals surface area (Å²) in [6, 6.07) is 7.53. The van der Waals surface area contributed by atoms with Crippen molar-refractivity contribution in [2.24, 2.45) is 0 Å². The van der Waals surface area contributed by atoms with Gasteiger partial charge >= 0.3 is 0 Å². The third kappa shape index (κ3) is 4.08. The Bertz CT molecular complexity index is 1400. The average Bonchev–Trinajstić information content (AvgIpc) is 3.62. The van der Waals surface area contributed by atoms with E-state index in [9.17, 15) is 4.79 Å². The number of fused-ring (bicyclic) bond motifs is 2. The SMILES string of the molecule is C#N.Cc1cn2nc(C3CCCCN3C(=O)c3c(Cl)nc4ccccn34)cc2nc1N1CCCC1. The molecule has 0 radical (unpaired) electrons. The van der Waals surface area contributed by atoms with Crippen LogP contribution in [0.4, 0.5) is 5.82 Å². The van der Waals surface area contributed by atoms with Crippen molar-refractivity contribution in [3.63, 3.8) is 0 Å². The predicted octanol–water partition coefficient (Wildman–Crippen LogP) is 4.45. The first-order chi connectivity index (χ1) is 17.1. The fraction of sp³-hybridized carbons (Fsp3) is 0.400. The van der Waals surface area contributed by atoms with Crippen LogP contribution in [0.1, 0.15) is 59.9 Å². The number of aromatic nitrogens is 5. The van der Waals surface area contributed by atoms with Crippen LogP contribution in [-0.2, 0) is 0 Å². The number of anilines is 1. The van der Waals surface area contributed by atoms with Gasteiger partial charge in [0, 0.05) is 50.2 Å². The van der Waals surface area contributed by atoms with Crippen LogP contribution >= 0.6 is 11.6 Å². The summed E-state index contributed by atoms with van der Waals surface area (Å²) in [4.78, 5) is 27.3. The van der Waals surface area contributed by atoms with E-state index >= 15 is 0 Å². The number of hydrogen-bond acceptors (Lipinski definition) is 6. The number of rotatable bonds is 3. The number of pyridine rings is 1. The summed E-state index contributed by atoms with van der Waals surface area (Å²) in [5, 5.41) is 11.6. The molecule has 0 aliphatic carbocycles. The van der Waals surface area contributed by atoms with E-state index < -0.39 is 0 Å². The molecular formula is C25H27ClN8O. The minimum Gasteiger partial charge on any atom is -0.356 e. The van der Waals surface area contributed by atoms with E-state index in [1.54, 1.807) is 4.40 Å². The topological polar surface area (TPSA) is 94.8 Å². The van der Waals surface area contributed by atoms with Crippen LogP contribution < -0.4 is 4.90 Å². The van der Waals surface area contributed by atoms with Crippen LogP contribution in [0.3, 0.4) is 0 Å². The molecule has 0 aromatic carbocycles. The van der Waals surface area contributed by atoms with Crippen molar-refractivity contribution in [3.05, 3.63) is 58.8 Å². The van der Waals surface area contributed by atoms with Crippen molar-refractivity contribution in [2.45, 2.75) is 45.1 Å². The Hall–Kier alpha value is -3.64. The molecule has 0 saturated carbocycles. The molecule has 1 unspecified atom stereocenters. The van der Waals surface area contributed by atoms with Crippen molar-refractivity contribution in [1.29, 1.82) is 5.26 Å². The number of nitrogens with zero attached hydrogens (tertiary/aromatic N) is 8. The first kappa shape index (κ1) is 23.1. The number of hydrogen-bond donors (Lipinski definition) is 0. The van der Waals surface area contributed by atoms with Gasteiger partial charge in [0.05, 0.1) is 11.7 Å². The largest absolute Gasteiger partial charge is 0.356 e. The lowest BCUT2D eigenvalue weighted by Crippen LogP contribution is -2.39. The van der Waals surface area contributed by atoms with E-state index in [0.29, 0.717) is 17.9 Å². The van der Waals surface area contributed by atoms with Crippen molar-refractivity contribution < 1.29 is 4.79 Å². The lowest BCUT2D eigenvalue weighted by Gasteiger charge is -2.34. The molecule has 0 bridgehead atoms. The highest BCUT2D eigenvalue weighted by molar-refractivity contribution is 6.32. The molecule has 10 heteroatoms. The minimum absolute atomic E-state index is 0.109. The molecule has 1 amide bonds. The number of imidazole rings is 1. The third-order valence-corrected chi connectivity index (χ3v) is 7.09. The summed E-state index contributed by atoms with van der Waals surface area (Å²) in [5.41, 5.74) is 3.89. The number of carbonyl (C=O) groups excluding carboxylic acids is 1. The van der Waals surface area contributed by atoms with Crippen LogP contribution in [0, 0.1) is 18.8 Å². The highest BCUT2D eigenvalue weighted by atomic mass is 35.5. The highest BCUT2D eigenvalue weighted by Crippen LogP contribution is 2.34. The van der Waals surface area contributed by atoms with Crippen molar-refractivity contribution >= 4 is 34.6 Å². The molecule has 0 spiro atoms. The maximum atomic E-state index is 13.7. The monoisotopic (exact) mass is 490 g/mol. The predicted molar refractivity (Wildman–Crippen MR) is 134 cm³/mol.